The Kier molecular flexibility index (Phi) is 16.6. The quantitative estimate of drug-likeness (QED) is 0.268. The Hall–Kier alpha value is -0.990. The fraction of sp³-hybridized carbons (Fsp3) is 0.850. The Morgan fingerprint density at radius 1 is 0.696 bits per heavy atom. The summed E-state index contributed by atoms with van der Waals surface area (Å²) in [6.45, 7) is 3.73. The molecule has 0 atom stereocenters. The van der Waals surface area contributed by atoms with Crippen LogP contribution in [0.5, 0.6) is 0 Å². The first kappa shape index (κ1) is 22.0. The van der Waals surface area contributed by atoms with Crippen LogP contribution < -0.4 is 5.73 Å². The number of ether oxygens (including phenoxy) is 1. The highest BCUT2D eigenvalue weighted by molar-refractivity contribution is 5.68. The largest absolute Gasteiger partial charge is 0.469 e. The topological polar surface area (TPSA) is 52.3 Å². The average Bonchev–Trinajstić information content (AvgIpc) is 2.53. The second-order valence-electron chi connectivity index (χ2n) is 6.68. The van der Waals surface area contributed by atoms with E-state index in [0.29, 0.717) is 6.42 Å². The van der Waals surface area contributed by atoms with Gasteiger partial charge in [-0.15, -0.1) is 0 Å². The zero-order chi connectivity index (χ0) is 17.2. The molecule has 3 heteroatoms. The SMILES string of the molecule is C=C(N)CCCCCCCCCCCCCCCCC(=O)OC. The van der Waals surface area contributed by atoms with Gasteiger partial charge in [0.1, 0.15) is 0 Å². The van der Waals surface area contributed by atoms with Crippen LogP contribution in [0, 0.1) is 0 Å². The van der Waals surface area contributed by atoms with Gasteiger partial charge in [-0.05, 0) is 19.3 Å². The third-order valence-electron chi connectivity index (χ3n) is 4.36. The molecular formula is C20H39NO2. The van der Waals surface area contributed by atoms with Crippen molar-refractivity contribution in [3.63, 3.8) is 0 Å². The van der Waals surface area contributed by atoms with Gasteiger partial charge in [0.2, 0.25) is 0 Å². The molecule has 0 fully saturated rings. The standard InChI is InChI=1S/C20H39NO2/c1-19(21)17-15-13-11-9-7-5-3-4-6-8-10-12-14-16-18-20(22)23-2/h1,3-18,21H2,2H3. The minimum Gasteiger partial charge on any atom is -0.469 e. The molecule has 0 radical (unpaired) electrons. The number of carbonyl (C=O) groups excluding carboxylic acids is 1. The third kappa shape index (κ3) is 19.0. The molecule has 0 bridgehead atoms. The summed E-state index contributed by atoms with van der Waals surface area (Å²) in [5, 5.41) is 0. The smallest absolute Gasteiger partial charge is 0.305 e. The maximum absolute atomic E-state index is 10.9. The minimum atomic E-state index is -0.0742. The van der Waals surface area contributed by atoms with E-state index in [4.69, 9.17) is 5.73 Å². The summed E-state index contributed by atoms with van der Waals surface area (Å²) in [6.07, 6.45) is 19.8. The second-order valence-corrected chi connectivity index (χ2v) is 6.68. The van der Waals surface area contributed by atoms with E-state index < -0.39 is 0 Å². The fourth-order valence-electron chi connectivity index (χ4n) is 2.84. The summed E-state index contributed by atoms with van der Waals surface area (Å²) in [5.41, 5.74) is 6.38. The number of allylic oxidation sites excluding steroid dienone is 1. The highest BCUT2D eigenvalue weighted by Crippen LogP contribution is 2.14. The molecule has 0 unspecified atom stereocenters. The van der Waals surface area contributed by atoms with Gasteiger partial charge < -0.3 is 10.5 Å². The summed E-state index contributed by atoms with van der Waals surface area (Å²) < 4.78 is 4.63. The zero-order valence-electron chi connectivity index (χ0n) is 15.4. The van der Waals surface area contributed by atoms with Crippen molar-refractivity contribution in [1.82, 2.24) is 0 Å². The molecule has 0 aliphatic rings. The van der Waals surface area contributed by atoms with Gasteiger partial charge in [-0.25, -0.2) is 0 Å². The van der Waals surface area contributed by atoms with E-state index in [0.717, 1.165) is 25.0 Å². The van der Waals surface area contributed by atoms with E-state index in [1.807, 2.05) is 0 Å². The van der Waals surface area contributed by atoms with Crippen molar-refractivity contribution >= 4 is 5.97 Å². The van der Waals surface area contributed by atoms with Gasteiger partial charge in [-0.3, -0.25) is 4.79 Å². The number of rotatable bonds is 17. The van der Waals surface area contributed by atoms with E-state index in [9.17, 15) is 4.79 Å². The normalized spacial score (nSPS) is 10.7. The highest BCUT2D eigenvalue weighted by atomic mass is 16.5. The van der Waals surface area contributed by atoms with Gasteiger partial charge in [0.25, 0.3) is 0 Å². The summed E-state index contributed by atoms with van der Waals surface area (Å²) in [7, 11) is 1.46. The van der Waals surface area contributed by atoms with Crippen LogP contribution in [0.1, 0.15) is 103 Å². The molecule has 0 spiro atoms. The van der Waals surface area contributed by atoms with Crippen LogP contribution in [-0.2, 0) is 9.53 Å². The number of methoxy groups -OCH3 is 1. The van der Waals surface area contributed by atoms with Crippen molar-refractivity contribution in [2.24, 2.45) is 5.73 Å². The molecule has 2 N–H and O–H groups in total. The molecule has 0 aromatic carbocycles. The lowest BCUT2D eigenvalue weighted by molar-refractivity contribution is -0.140. The Bertz CT molecular complexity index is 289. The molecule has 0 saturated carbocycles. The fourth-order valence-corrected chi connectivity index (χ4v) is 2.84. The van der Waals surface area contributed by atoms with Crippen LogP contribution in [0.2, 0.25) is 0 Å². The number of carbonyl (C=O) groups is 1. The molecule has 0 heterocycles. The molecule has 0 rings (SSSR count). The lowest BCUT2D eigenvalue weighted by Crippen LogP contribution is -1.99. The van der Waals surface area contributed by atoms with Gasteiger partial charge >= 0.3 is 5.97 Å². The zero-order valence-corrected chi connectivity index (χ0v) is 15.4. The van der Waals surface area contributed by atoms with E-state index in [2.05, 4.69) is 11.3 Å². The van der Waals surface area contributed by atoms with E-state index in [1.54, 1.807) is 0 Å². The average molecular weight is 326 g/mol. The molecule has 136 valence electrons. The van der Waals surface area contributed by atoms with Crippen molar-refractivity contribution in [2.45, 2.75) is 103 Å². The van der Waals surface area contributed by atoms with E-state index in [-0.39, 0.29) is 5.97 Å². The van der Waals surface area contributed by atoms with Crippen molar-refractivity contribution in [3.8, 4) is 0 Å². The van der Waals surface area contributed by atoms with Crippen molar-refractivity contribution < 1.29 is 9.53 Å². The highest BCUT2D eigenvalue weighted by Gasteiger charge is 1.99. The van der Waals surface area contributed by atoms with Crippen LogP contribution in [0.15, 0.2) is 12.3 Å². The van der Waals surface area contributed by atoms with Gasteiger partial charge in [-0.1, -0.05) is 83.6 Å². The number of hydrogen-bond donors (Lipinski definition) is 1. The molecule has 0 amide bonds. The molecule has 0 saturated heterocycles. The molecule has 3 nitrogen and oxygen atoms in total. The van der Waals surface area contributed by atoms with Crippen molar-refractivity contribution in [2.75, 3.05) is 7.11 Å². The first-order chi connectivity index (χ1) is 11.2. The van der Waals surface area contributed by atoms with E-state index >= 15 is 0 Å². The number of esters is 1. The van der Waals surface area contributed by atoms with Crippen molar-refractivity contribution in [3.05, 3.63) is 12.3 Å². The second kappa shape index (κ2) is 17.4. The third-order valence-corrected chi connectivity index (χ3v) is 4.36. The van der Waals surface area contributed by atoms with Gasteiger partial charge in [0.05, 0.1) is 7.11 Å². The molecule has 0 aromatic heterocycles. The van der Waals surface area contributed by atoms with Crippen LogP contribution in [0.4, 0.5) is 0 Å². The number of unbranched alkanes of at least 4 members (excludes halogenated alkanes) is 13. The molecule has 0 aliphatic carbocycles. The predicted molar refractivity (Wildman–Crippen MR) is 99.2 cm³/mol. The van der Waals surface area contributed by atoms with E-state index in [1.165, 1.54) is 84.2 Å². The first-order valence-corrected chi connectivity index (χ1v) is 9.67. The summed E-state index contributed by atoms with van der Waals surface area (Å²) >= 11 is 0. The predicted octanol–water partition coefficient (Wildman–Crippen LogP) is 5.87. The minimum absolute atomic E-state index is 0.0742. The Labute approximate surface area is 144 Å². The Balaban J connectivity index is 3.02. The lowest BCUT2D eigenvalue weighted by Gasteiger charge is -2.03. The summed E-state index contributed by atoms with van der Waals surface area (Å²) in [5.74, 6) is -0.0742. The van der Waals surface area contributed by atoms with Crippen LogP contribution >= 0.6 is 0 Å². The Morgan fingerprint density at radius 2 is 1.00 bits per heavy atom. The summed E-state index contributed by atoms with van der Waals surface area (Å²) in [6, 6.07) is 0. The summed E-state index contributed by atoms with van der Waals surface area (Å²) in [4.78, 5) is 10.9. The molecular weight excluding hydrogens is 286 g/mol. The lowest BCUT2D eigenvalue weighted by atomic mass is 10.0. The van der Waals surface area contributed by atoms with Crippen LogP contribution in [-0.4, -0.2) is 13.1 Å². The molecule has 0 aliphatic heterocycles. The molecule has 0 aromatic rings. The van der Waals surface area contributed by atoms with Gasteiger partial charge in [0, 0.05) is 12.1 Å². The number of hydrogen-bond acceptors (Lipinski definition) is 3. The van der Waals surface area contributed by atoms with Gasteiger partial charge in [0.15, 0.2) is 0 Å². The maximum atomic E-state index is 10.9. The van der Waals surface area contributed by atoms with Gasteiger partial charge in [-0.2, -0.15) is 0 Å². The molecule has 23 heavy (non-hydrogen) atoms. The van der Waals surface area contributed by atoms with Crippen LogP contribution in [0.25, 0.3) is 0 Å². The monoisotopic (exact) mass is 325 g/mol. The maximum Gasteiger partial charge on any atom is 0.305 e. The first-order valence-electron chi connectivity index (χ1n) is 9.67. The van der Waals surface area contributed by atoms with Crippen LogP contribution in [0.3, 0.4) is 0 Å². The number of nitrogens with two attached hydrogens (primary N) is 1. The van der Waals surface area contributed by atoms with Crippen molar-refractivity contribution in [1.29, 1.82) is 0 Å². The Morgan fingerprint density at radius 3 is 1.30 bits per heavy atom.